The number of halogens is 1. The predicted molar refractivity (Wildman–Crippen MR) is 98.9 cm³/mol. The number of carbonyl (C=O) groups excluding carboxylic acids is 2. The Morgan fingerprint density at radius 2 is 1.59 bits per heavy atom. The molecule has 0 unspecified atom stereocenters. The standard InChI is InChI=1S/C21H19FO5/c1-13(2)20(23)26-17-8-5-15(6-9-17)16-7-10-19(18(22)11-16)27-21(24)14(3)12-25-4/h5-11H,1,3,12H2,2,4H3. The van der Waals surface area contributed by atoms with Gasteiger partial charge in [-0.05, 0) is 42.3 Å². The van der Waals surface area contributed by atoms with Crippen molar-refractivity contribution >= 4 is 11.9 Å². The van der Waals surface area contributed by atoms with Crippen molar-refractivity contribution in [2.45, 2.75) is 6.92 Å². The lowest BCUT2D eigenvalue weighted by molar-refractivity contribution is -0.131. The van der Waals surface area contributed by atoms with E-state index in [9.17, 15) is 14.0 Å². The summed E-state index contributed by atoms with van der Waals surface area (Å²) in [5.41, 5.74) is 1.65. The molecule has 0 heterocycles. The summed E-state index contributed by atoms with van der Waals surface area (Å²) in [6, 6.07) is 10.8. The van der Waals surface area contributed by atoms with Crippen LogP contribution in [0.25, 0.3) is 11.1 Å². The zero-order valence-electron chi connectivity index (χ0n) is 15.1. The minimum atomic E-state index is -0.757. The molecule has 0 spiro atoms. The highest BCUT2D eigenvalue weighted by Crippen LogP contribution is 2.27. The molecule has 0 aromatic heterocycles. The number of ether oxygens (including phenoxy) is 3. The maximum atomic E-state index is 14.3. The Kier molecular flexibility index (Phi) is 6.62. The zero-order valence-corrected chi connectivity index (χ0v) is 15.1. The third kappa shape index (κ3) is 5.36. The lowest BCUT2D eigenvalue weighted by atomic mass is 10.1. The summed E-state index contributed by atoms with van der Waals surface area (Å²) in [4.78, 5) is 23.3. The fraction of sp³-hybridized carbons (Fsp3) is 0.143. The molecule has 0 aliphatic rings. The minimum Gasteiger partial charge on any atom is -0.423 e. The number of esters is 2. The molecule has 6 heteroatoms. The Labute approximate surface area is 156 Å². The Bertz CT molecular complexity index is 884. The van der Waals surface area contributed by atoms with Crippen LogP contribution in [0.2, 0.25) is 0 Å². The van der Waals surface area contributed by atoms with E-state index in [0.29, 0.717) is 22.4 Å². The fourth-order valence-electron chi connectivity index (χ4n) is 2.08. The average molecular weight is 370 g/mol. The largest absolute Gasteiger partial charge is 0.423 e. The quantitative estimate of drug-likeness (QED) is 0.417. The van der Waals surface area contributed by atoms with Crippen molar-refractivity contribution in [1.82, 2.24) is 0 Å². The summed E-state index contributed by atoms with van der Waals surface area (Å²) >= 11 is 0. The van der Waals surface area contributed by atoms with Gasteiger partial charge in [0.2, 0.25) is 0 Å². The lowest BCUT2D eigenvalue weighted by Crippen LogP contribution is -2.14. The molecule has 0 N–H and O–H groups in total. The second-order valence-corrected chi connectivity index (χ2v) is 5.77. The van der Waals surface area contributed by atoms with E-state index < -0.39 is 17.8 Å². The molecule has 27 heavy (non-hydrogen) atoms. The van der Waals surface area contributed by atoms with Crippen LogP contribution in [-0.4, -0.2) is 25.7 Å². The molecule has 0 fully saturated rings. The maximum absolute atomic E-state index is 14.3. The highest BCUT2D eigenvalue weighted by molar-refractivity contribution is 5.90. The Morgan fingerprint density at radius 1 is 0.963 bits per heavy atom. The number of hydrogen-bond donors (Lipinski definition) is 0. The van der Waals surface area contributed by atoms with E-state index in [4.69, 9.17) is 14.2 Å². The summed E-state index contributed by atoms with van der Waals surface area (Å²) in [7, 11) is 1.42. The molecule has 0 amide bonds. The van der Waals surface area contributed by atoms with E-state index in [2.05, 4.69) is 13.2 Å². The van der Waals surface area contributed by atoms with Crippen molar-refractivity contribution in [2.24, 2.45) is 0 Å². The lowest BCUT2D eigenvalue weighted by Gasteiger charge is -2.09. The average Bonchev–Trinajstić information content (AvgIpc) is 2.64. The van der Waals surface area contributed by atoms with Gasteiger partial charge in [0.05, 0.1) is 12.2 Å². The number of hydrogen-bond acceptors (Lipinski definition) is 5. The normalized spacial score (nSPS) is 10.2. The van der Waals surface area contributed by atoms with Gasteiger partial charge >= 0.3 is 11.9 Å². The first-order valence-electron chi connectivity index (χ1n) is 7.98. The Hall–Kier alpha value is -3.25. The molecule has 0 atom stereocenters. The van der Waals surface area contributed by atoms with Gasteiger partial charge in [0, 0.05) is 12.7 Å². The van der Waals surface area contributed by atoms with Gasteiger partial charge in [-0.15, -0.1) is 0 Å². The Balaban J connectivity index is 2.13. The molecule has 0 aliphatic carbocycles. The summed E-state index contributed by atoms with van der Waals surface area (Å²) in [5.74, 6) is -1.81. The summed E-state index contributed by atoms with van der Waals surface area (Å²) < 4.78 is 29.1. The molecule has 2 aromatic carbocycles. The van der Waals surface area contributed by atoms with Gasteiger partial charge in [-0.3, -0.25) is 0 Å². The molecule has 0 radical (unpaired) electrons. The fourth-order valence-corrected chi connectivity index (χ4v) is 2.08. The van der Waals surface area contributed by atoms with Crippen molar-refractivity contribution in [2.75, 3.05) is 13.7 Å². The van der Waals surface area contributed by atoms with E-state index in [1.807, 2.05) is 0 Å². The number of benzene rings is 2. The van der Waals surface area contributed by atoms with E-state index in [1.54, 1.807) is 37.3 Å². The van der Waals surface area contributed by atoms with Crippen LogP contribution in [0.1, 0.15) is 6.92 Å². The van der Waals surface area contributed by atoms with Crippen LogP contribution >= 0.6 is 0 Å². The van der Waals surface area contributed by atoms with Crippen LogP contribution < -0.4 is 9.47 Å². The van der Waals surface area contributed by atoms with Gasteiger partial charge in [-0.2, -0.15) is 0 Å². The highest BCUT2D eigenvalue weighted by atomic mass is 19.1. The van der Waals surface area contributed by atoms with E-state index in [1.165, 1.54) is 19.2 Å². The van der Waals surface area contributed by atoms with E-state index >= 15 is 0 Å². The molecular formula is C21H19FO5. The molecule has 0 bridgehead atoms. The molecular weight excluding hydrogens is 351 g/mol. The third-order valence-corrected chi connectivity index (χ3v) is 3.49. The van der Waals surface area contributed by atoms with Crippen molar-refractivity contribution in [3.63, 3.8) is 0 Å². The van der Waals surface area contributed by atoms with Crippen LogP contribution in [0, 0.1) is 5.82 Å². The van der Waals surface area contributed by atoms with E-state index in [0.717, 1.165) is 0 Å². The zero-order chi connectivity index (χ0) is 20.0. The molecule has 5 nitrogen and oxygen atoms in total. The Morgan fingerprint density at radius 3 is 2.15 bits per heavy atom. The molecule has 0 aliphatic heterocycles. The van der Waals surface area contributed by atoms with Crippen molar-refractivity contribution < 1.29 is 28.2 Å². The van der Waals surface area contributed by atoms with Gasteiger partial charge in [0.1, 0.15) is 5.75 Å². The van der Waals surface area contributed by atoms with Crippen LogP contribution in [0.3, 0.4) is 0 Å². The topological polar surface area (TPSA) is 61.8 Å². The SMILES string of the molecule is C=C(C)C(=O)Oc1ccc(-c2ccc(OC(=O)C(=C)COC)c(F)c2)cc1. The molecule has 0 saturated carbocycles. The number of rotatable bonds is 7. The van der Waals surface area contributed by atoms with Crippen molar-refractivity contribution in [1.29, 1.82) is 0 Å². The first-order valence-corrected chi connectivity index (χ1v) is 7.98. The minimum absolute atomic E-state index is 0.000830. The van der Waals surface area contributed by atoms with Gasteiger partial charge in [0.15, 0.2) is 11.6 Å². The monoisotopic (exact) mass is 370 g/mol. The third-order valence-electron chi connectivity index (χ3n) is 3.49. The van der Waals surface area contributed by atoms with Crippen LogP contribution in [-0.2, 0) is 14.3 Å². The summed E-state index contributed by atoms with van der Waals surface area (Å²) in [5, 5.41) is 0. The second-order valence-electron chi connectivity index (χ2n) is 5.77. The number of methoxy groups -OCH3 is 1. The summed E-state index contributed by atoms with van der Waals surface area (Å²) in [6.07, 6.45) is 0. The predicted octanol–water partition coefficient (Wildman–Crippen LogP) is 4.08. The maximum Gasteiger partial charge on any atom is 0.341 e. The first kappa shape index (κ1) is 20.1. The van der Waals surface area contributed by atoms with Crippen LogP contribution in [0.15, 0.2) is 66.8 Å². The molecule has 2 rings (SSSR count). The first-order chi connectivity index (χ1) is 12.8. The van der Waals surface area contributed by atoms with Gasteiger partial charge in [-0.25, -0.2) is 14.0 Å². The van der Waals surface area contributed by atoms with Crippen LogP contribution in [0.4, 0.5) is 4.39 Å². The number of carbonyl (C=O) groups is 2. The van der Waals surface area contributed by atoms with Gasteiger partial charge in [0.25, 0.3) is 0 Å². The summed E-state index contributed by atoms with van der Waals surface area (Å²) in [6.45, 7) is 8.58. The van der Waals surface area contributed by atoms with Crippen molar-refractivity contribution in [3.8, 4) is 22.6 Å². The molecule has 2 aromatic rings. The van der Waals surface area contributed by atoms with Crippen LogP contribution in [0.5, 0.6) is 11.5 Å². The van der Waals surface area contributed by atoms with Crippen molar-refractivity contribution in [3.05, 3.63) is 72.6 Å². The van der Waals surface area contributed by atoms with E-state index in [-0.39, 0.29) is 17.9 Å². The smallest absolute Gasteiger partial charge is 0.341 e. The van der Waals surface area contributed by atoms with Gasteiger partial charge in [-0.1, -0.05) is 31.4 Å². The molecule has 0 saturated heterocycles. The van der Waals surface area contributed by atoms with Gasteiger partial charge < -0.3 is 14.2 Å². The molecule has 140 valence electrons. The second kappa shape index (κ2) is 8.91. The highest BCUT2D eigenvalue weighted by Gasteiger charge is 2.14.